The minimum Gasteiger partial charge on any atom is -0.318 e. The maximum absolute atomic E-state index is 5.12. The fraction of sp³-hybridized carbons (Fsp3) is 0.250. The van der Waals surface area contributed by atoms with Crippen LogP contribution in [0.5, 0.6) is 0 Å². The van der Waals surface area contributed by atoms with Crippen molar-refractivity contribution in [1.82, 2.24) is 4.90 Å². The summed E-state index contributed by atoms with van der Waals surface area (Å²) >= 11 is 5.12. The van der Waals surface area contributed by atoms with Crippen LogP contribution < -0.4 is 0 Å². The Kier molecular flexibility index (Phi) is 3.41. The molecule has 0 aromatic heterocycles. The first-order chi connectivity index (χ1) is 7.81. The highest BCUT2D eigenvalue weighted by molar-refractivity contribution is 7.80. The van der Waals surface area contributed by atoms with Crippen LogP contribution in [0.2, 0.25) is 0 Å². The Balaban J connectivity index is 2.07. The summed E-state index contributed by atoms with van der Waals surface area (Å²) in [7, 11) is 0. The molecule has 0 N–H and O–H groups in total. The Morgan fingerprint density at radius 1 is 1.38 bits per heavy atom. The van der Waals surface area contributed by atoms with Crippen LogP contribution in [-0.2, 0) is 6.42 Å². The standard InChI is InChI=1S/C12H13N3S/c1-2-8-15-11(13-14-12(15)16)9-10-6-4-3-5-7-10/h2-7,11H,1,8-9H2. The van der Waals surface area contributed by atoms with E-state index < -0.39 is 0 Å². The fourth-order valence-electron chi connectivity index (χ4n) is 1.68. The smallest absolute Gasteiger partial charge is 0.218 e. The third-order valence-corrected chi connectivity index (χ3v) is 2.79. The number of benzene rings is 1. The van der Waals surface area contributed by atoms with Gasteiger partial charge in [0.1, 0.15) is 6.17 Å². The Bertz CT molecular complexity index is 414. The summed E-state index contributed by atoms with van der Waals surface area (Å²) in [6.45, 7) is 4.41. The maximum atomic E-state index is 5.12. The number of azo groups is 1. The quantitative estimate of drug-likeness (QED) is 0.588. The van der Waals surface area contributed by atoms with Crippen molar-refractivity contribution in [2.75, 3.05) is 6.54 Å². The Hall–Kier alpha value is -1.55. The highest BCUT2D eigenvalue weighted by Crippen LogP contribution is 2.17. The third-order valence-electron chi connectivity index (χ3n) is 2.47. The van der Waals surface area contributed by atoms with Crippen molar-refractivity contribution in [2.45, 2.75) is 12.6 Å². The monoisotopic (exact) mass is 231 g/mol. The van der Waals surface area contributed by atoms with Crippen molar-refractivity contribution >= 4 is 17.3 Å². The second-order valence-corrected chi connectivity index (χ2v) is 3.97. The van der Waals surface area contributed by atoms with E-state index in [1.54, 1.807) is 0 Å². The van der Waals surface area contributed by atoms with Crippen molar-refractivity contribution in [1.29, 1.82) is 0 Å². The van der Waals surface area contributed by atoms with Crippen molar-refractivity contribution in [3.05, 3.63) is 48.6 Å². The van der Waals surface area contributed by atoms with Gasteiger partial charge in [-0.25, -0.2) is 0 Å². The molecule has 1 aromatic rings. The van der Waals surface area contributed by atoms with Gasteiger partial charge in [-0.2, -0.15) is 5.11 Å². The molecule has 0 amide bonds. The molecule has 1 aromatic carbocycles. The average Bonchev–Trinajstić information content (AvgIpc) is 2.64. The van der Waals surface area contributed by atoms with Crippen LogP contribution in [0.15, 0.2) is 53.2 Å². The molecule has 0 saturated heterocycles. The number of hydrogen-bond donors (Lipinski definition) is 0. The predicted octanol–water partition coefficient (Wildman–Crippen LogP) is 2.79. The van der Waals surface area contributed by atoms with Crippen LogP contribution in [0.25, 0.3) is 0 Å². The molecule has 3 nitrogen and oxygen atoms in total. The highest BCUT2D eigenvalue weighted by Gasteiger charge is 2.25. The van der Waals surface area contributed by atoms with Crippen molar-refractivity contribution in [3.63, 3.8) is 0 Å². The maximum Gasteiger partial charge on any atom is 0.218 e. The molecule has 1 atom stereocenters. The van der Waals surface area contributed by atoms with Gasteiger partial charge in [0.2, 0.25) is 5.11 Å². The second-order valence-electron chi connectivity index (χ2n) is 3.61. The molecule has 0 saturated carbocycles. The Morgan fingerprint density at radius 2 is 2.12 bits per heavy atom. The summed E-state index contributed by atoms with van der Waals surface area (Å²) < 4.78 is 0. The summed E-state index contributed by atoms with van der Waals surface area (Å²) in [5.74, 6) is 0. The first-order valence-corrected chi connectivity index (χ1v) is 5.58. The fourth-order valence-corrected chi connectivity index (χ4v) is 1.92. The zero-order valence-electron chi connectivity index (χ0n) is 8.91. The van der Waals surface area contributed by atoms with Gasteiger partial charge in [-0.05, 0) is 17.8 Å². The summed E-state index contributed by atoms with van der Waals surface area (Å²) in [6.07, 6.45) is 2.67. The predicted molar refractivity (Wildman–Crippen MR) is 68.3 cm³/mol. The molecule has 0 spiro atoms. The van der Waals surface area contributed by atoms with E-state index in [-0.39, 0.29) is 6.17 Å². The minimum atomic E-state index is 0.0212. The molecule has 0 fully saturated rings. The van der Waals surface area contributed by atoms with Gasteiger partial charge in [-0.3, -0.25) is 0 Å². The molecule has 1 aliphatic heterocycles. The third kappa shape index (κ3) is 2.33. The molecule has 2 rings (SSSR count). The van der Waals surface area contributed by atoms with Gasteiger partial charge >= 0.3 is 0 Å². The van der Waals surface area contributed by atoms with E-state index >= 15 is 0 Å². The first-order valence-electron chi connectivity index (χ1n) is 5.17. The van der Waals surface area contributed by atoms with E-state index in [4.69, 9.17) is 12.2 Å². The lowest BCUT2D eigenvalue weighted by molar-refractivity contribution is 0.367. The molecule has 0 radical (unpaired) electrons. The van der Waals surface area contributed by atoms with E-state index in [1.807, 2.05) is 29.2 Å². The van der Waals surface area contributed by atoms with Crippen LogP contribution in [0, 0.1) is 0 Å². The van der Waals surface area contributed by atoms with Gasteiger partial charge in [-0.15, -0.1) is 11.7 Å². The van der Waals surface area contributed by atoms with Crippen molar-refractivity contribution in [3.8, 4) is 0 Å². The number of thiocarbonyl (C=S) groups is 1. The molecular formula is C12H13N3S. The highest BCUT2D eigenvalue weighted by atomic mass is 32.1. The van der Waals surface area contributed by atoms with Gasteiger partial charge in [0.15, 0.2) is 0 Å². The number of rotatable bonds is 4. The van der Waals surface area contributed by atoms with Crippen molar-refractivity contribution < 1.29 is 0 Å². The Labute approximate surface area is 100 Å². The van der Waals surface area contributed by atoms with E-state index in [0.29, 0.717) is 11.7 Å². The van der Waals surface area contributed by atoms with E-state index in [1.165, 1.54) is 5.56 Å². The number of hydrogen-bond acceptors (Lipinski definition) is 2. The SMILES string of the molecule is C=CCN1C(=S)N=NC1Cc1ccccc1. The zero-order valence-corrected chi connectivity index (χ0v) is 9.73. The first kappa shape index (κ1) is 11.0. The van der Waals surface area contributed by atoms with Crippen molar-refractivity contribution in [2.24, 2.45) is 10.2 Å². The van der Waals surface area contributed by atoms with Gasteiger partial charge in [-0.1, -0.05) is 36.4 Å². The lowest BCUT2D eigenvalue weighted by Crippen LogP contribution is -2.34. The Morgan fingerprint density at radius 3 is 2.81 bits per heavy atom. The van der Waals surface area contributed by atoms with E-state index in [9.17, 15) is 0 Å². The summed E-state index contributed by atoms with van der Waals surface area (Å²) in [6, 6.07) is 10.2. The lowest BCUT2D eigenvalue weighted by Gasteiger charge is -2.21. The molecular weight excluding hydrogens is 218 g/mol. The molecule has 0 aliphatic carbocycles. The molecule has 4 heteroatoms. The zero-order chi connectivity index (χ0) is 11.4. The van der Waals surface area contributed by atoms with Gasteiger partial charge in [0.25, 0.3) is 0 Å². The normalized spacial score (nSPS) is 19.1. The summed E-state index contributed by atoms with van der Waals surface area (Å²) in [5, 5.41) is 8.68. The van der Waals surface area contributed by atoms with Crippen LogP contribution in [0.4, 0.5) is 0 Å². The molecule has 16 heavy (non-hydrogen) atoms. The lowest BCUT2D eigenvalue weighted by atomic mass is 10.1. The van der Waals surface area contributed by atoms with Crippen LogP contribution in [0.3, 0.4) is 0 Å². The van der Waals surface area contributed by atoms with Gasteiger partial charge < -0.3 is 4.90 Å². The van der Waals surface area contributed by atoms with Crippen LogP contribution >= 0.6 is 12.2 Å². The van der Waals surface area contributed by atoms with E-state index in [0.717, 1.165) is 6.42 Å². The molecule has 1 aliphatic rings. The van der Waals surface area contributed by atoms with E-state index in [2.05, 4.69) is 28.9 Å². The molecule has 82 valence electrons. The van der Waals surface area contributed by atoms with Gasteiger partial charge in [0, 0.05) is 13.0 Å². The van der Waals surface area contributed by atoms with Gasteiger partial charge in [0.05, 0.1) is 0 Å². The van der Waals surface area contributed by atoms with Crippen LogP contribution in [-0.4, -0.2) is 22.7 Å². The second kappa shape index (κ2) is 4.99. The summed E-state index contributed by atoms with van der Waals surface area (Å²) in [5.41, 5.74) is 1.24. The molecule has 1 heterocycles. The largest absolute Gasteiger partial charge is 0.318 e. The molecule has 0 bridgehead atoms. The molecule has 1 unspecified atom stereocenters. The average molecular weight is 231 g/mol. The number of nitrogens with zero attached hydrogens (tertiary/aromatic N) is 3. The minimum absolute atomic E-state index is 0.0212. The topological polar surface area (TPSA) is 28.0 Å². The summed E-state index contributed by atoms with van der Waals surface area (Å²) in [4.78, 5) is 1.98. The van der Waals surface area contributed by atoms with Crippen LogP contribution in [0.1, 0.15) is 5.56 Å².